The van der Waals surface area contributed by atoms with Gasteiger partial charge in [-0.1, -0.05) is 18.5 Å². The molecule has 1 unspecified atom stereocenters. The van der Waals surface area contributed by atoms with Gasteiger partial charge >= 0.3 is 0 Å². The number of halogens is 1. The van der Waals surface area contributed by atoms with Gasteiger partial charge in [0.1, 0.15) is 0 Å². The van der Waals surface area contributed by atoms with Gasteiger partial charge in [-0.05, 0) is 24.2 Å². The van der Waals surface area contributed by atoms with Crippen LogP contribution in [0.5, 0.6) is 11.5 Å². The van der Waals surface area contributed by atoms with E-state index in [1.165, 1.54) is 0 Å². The lowest BCUT2D eigenvalue weighted by Crippen LogP contribution is -2.23. The second kappa shape index (κ2) is 7.24. The lowest BCUT2D eigenvalue weighted by atomic mass is 10.0. The topological polar surface area (TPSA) is 56.3 Å². The molecule has 0 aliphatic heterocycles. The Balaban J connectivity index is 2.48. The standard InChI is InChI=1S/C15H18ClN3O2/c1-4-18-14(12-9-17-5-6-19-12)10-7-11(16)15(21-3)13(8-10)20-2/h5-9,14,18H,4H2,1-3H3. The average molecular weight is 308 g/mol. The number of nitrogens with zero attached hydrogens (tertiary/aromatic N) is 2. The average Bonchev–Trinajstić information content (AvgIpc) is 2.52. The summed E-state index contributed by atoms with van der Waals surface area (Å²) in [5, 5.41) is 3.87. The summed E-state index contributed by atoms with van der Waals surface area (Å²) in [6.07, 6.45) is 5.05. The minimum absolute atomic E-state index is 0.110. The fraction of sp³-hybridized carbons (Fsp3) is 0.333. The van der Waals surface area contributed by atoms with Gasteiger partial charge < -0.3 is 14.8 Å². The number of nitrogens with one attached hydrogen (secondary N) is 1. The fourth-order valence-corrected chi connectivity index (χ4v) is 2.46. The zero-order valence-electron chi connectivity index (χ0n) is 12.3. The molecule has 5 nitrogen and oxygen atoms in total. The first-order valence-electron chi connectivity index (χ1n) is 6.62. The molecule has 0 fully saturated rings. The highest BCUT2D eigenvalue weighted by molar-refractivity contribution is 6.32. The van der Waals surface area contributed by atoms with Crippen molar-refractivity contribution in [3.8, 4) is 11.5 Å². The number of hydrogen-bond donors (Lipinski definition) is 1. The zero-order chi connectivity index (χ0) is 15.2. The summed E-state index contributed by atoms with van der Waals surface area (Å²) in [6, 6.07) is 3.64. The van der Waals surface area contributed by atoms with E-state index < -0.39 is 0 Å². The van der Waals surface area contributed by atoms with Crippen molar-refractivity contribution < 1.29 is 9.47 Å². The minimum atomic E-state index is -0.110. The molecule has 1 heterocycles. The summed E-state index contributed by atoms with van der Waals surface area (Å²) in [6.45, 7) is 2.82. The van der Waals surface area contributed by atoms with Crippen LogP contribution >= 0.6 is 11.6 Å². The highest BCUT2D eigenvalue weighted by Gasteiger charge is 2.19. The van der Waals surface area contributed by atoms with E-state index in [9.17, 15) is 0 Å². The largest absolute Gasteiger partial charge is 0.493 e. The molecule has 0 saturated carbocycles. The molecule has 1 aromatic heterocycles. The van der Waals surface area contributed by atoms with Gasteiger partial charge in [-0.2, -0.15) is 0 Å². The summed E-state index contributed by atoms with van der Waals surface area (Å²) < 4.78 is 10.6. The maximum Gasteiger partial charge on any atom is 0.179 e. The van der Waals surface area contributed by atoms with Crippen molar-refractivity contribution >= 4 is 11.6 Å². The number of methoxy groups -OCH3 is 2. The van der Waals surface area contributed by atoms with Gasteiger partial charge in [-0.25, -0.2) is 0 Å². The normalized spacial score (nSPS) is 12.0. The van der Waals surface area contributed by atoms with Gasteiger partial charge in [0.2, 0.25) is 0 Å². The molecular weight excluding hydrogens is 290 g/mol. The smallest absolute Gasteiger partial charge is 0.179 e. The van der Waals surface area contributed by atoms with E-state index in [0.29, 0.717) is 16.5 Å². The third kappa shape index (κ3) is 3.43. The van der Waals surface area contributed by atoms with Crippen LogP contribution in [-0.4, -0.2) is 30.7 Å². The molecule has 0 aliphatic carbocycles. The zero-order valence-corrected chi connectivity index (χ0v) is 13.0. The summed E-state index contributed by atoms with van der Waals surface area (Å²) in [7, 11) is 3.15. The Bertz CT molecular complexity index is 593. The first kappa shape index (κ1) is 15.5. The quantitative estimate of drug-likeness (QED) is 0.889. The lowest BCUT2D eigenvalue weighted by molar-refractivity contribution is 0.354. The van der Waals surface area contributed by atoms with Gasteiger partial charge in [0.05, 0.1) is 37.2 Å². The van der Waals surface area contributed by atoms with Crippen LogP contribution in [-0.2, 0) is 0 Å². The van der Waals surface area contributed by atoms with Gasteiger partial charge in [0.25, 0.3) is 0 Å². The van der Waals surface area contributed by atoms with E-state index in [2.05, 4.69) is 15.3 Å². The molecule has 1 N–H and O–H groups in total. The van der Waals surface area contributed by atoms with Crippen LogP contribution in [0.4, 0.5) is 0 Å². The Morgan fingerprint density at radius 3 is 2.62 bits per heavy atom. The number of ether oxygens (including phenoxy) is 2. The first-order chi connectivity index (χ1) is 10.2. The molecule has 1 aromatic carbocycles. The van der Waals surface area contributed by atoms with E-state index in [-0.39, 0.29) is 6.04 Å². The van der Waals surface area contributed by atoms with Crippen LogP contribution in [0.2, 0.25) is 5.02 Å². The van der Waals surface area contributed by atoms with Crippen LogP contribution in [0, 0.1) is 0 Å². The van der Waals surface area contributed by atoms with Gasteiger partial charge in [0, 0.05) is 12.4 Å². The summed E-state index contributed by atoms with van der Waals surface area (Å²) in [5.41, 5.74) is 1.77. The number of hydrogen-bond acceptors (Lipinski definition) is 5. The van der Waals surface area contributed by atoms with Crippen molar-refractivity contribution in [1.29, 1.82) is 0 Å². The van der Waals surface area contributed by atoms with Gasteiger partial charge in [-0.3, -0.25) is 9.97 Å². The molecule has 112 valence electrons. The Hall–Kier alpha value is -1.85. The maximum atomic E-state index is 6.28. The number of aromatic nitrogens is 2. The SMILES string of the molecule is CCNC(c1cc(Cl)c(OC)c(OC)c1)c1cnccn1. The van der Waals surface area contributed by atoms with Crippen LogP contribution < -0.4 is 14.8 Å². The monoisotopic (exact) mass is 307 g/mol. The van der Waals surface area contributed by atoms with Crippen molar-refractivity contribution in [2.45, 2.75) is 13.0 Å². The van der Waals surface area contributed by atoms with Crippen molar-refractivity contribution in [2.24, 2.45) is 0 Å². The van der Waals surface area contributed by atoms with Crippen molar-refractivity contribution in [2.75, 3.05) is 20.8 Å². The minimum Gasteiger partial charge on any atom is -0.493 e. The molecule has 0 amide bonds. The van der Waals surface area contributed by atoms with E-state index >= 15 is 0 Å². The highest BCUT2D eigenvalue weighted by atomic mass is 35.5. The molecule has 2 aromatic rings. The third-order valence-corrected chi connectivity index (χ3v) is 3.36. The van der Waals surface area contributed by atoms with Crippen LogP contribution in [0.25, 0.3) is 0 Å². The summed E-state index contributed by atoms with van der Waals surface area (Å²) in [4.78, 5) is 8.48. The van der Waals surface area contributed by atoms with Crippen molar-refractivity contribution in [3.63, 3.8) is 0 Å². The summed E-state index contributed by atoms with van der Waals surface area (Å²) in [5.74, 6) is 1.11. The van der Waals surface area contributed by atoms with Crippen molar-refractivity contribution in [3.05, 3.63) is 47.0 Å². The van der Waals surface area contributed by atoms with Gasteiger partial charge in [-0.15, -0.1) is 0 Å². The number of benzene rings is 1. The molecule has 21 heavy (non-hydrogen) atoms. The summed E-state index contributed by atoms with van der Waals surface area (Å²) >= 11 is 6.28. The molecule has 0 spiro atoms. The predicted octanol–water partition coefficient (Wildman–Crippen LogP) is 2.85. The molecule has 0 radical (unpaired) electrons. The Kier molecular flexibility index (Phi) is 5.36. The Morgan fingerprint density at radius 1 is 1.24 bits per heavy atom. The van der Waals surface area contributed by atoms with Crippen LogP contribution in [0.3, 0.4) is 0 Å². The van der Waals surface area contributed by atoms with E-state index in [1.807, 2.05) is 19.1 Å². The third-order valence-electron chi connectivity index (χ3n) is 3.08. The van der Waals surface area contributed by atoms with E-state index in [1.54, 1.807) is 32.8 Å². The molecule has 0 saturated heterocycles. The molecule has 1 atom stereocenters. The predicted molar refractivity (Wildman–Crippen MR) is 82.1 cm³/mol. The van der Waals surface area contributed by atoms with Crippen LogP contribution in [0.15, 0.2) is 30.7 Å². The van der Waals surface area contributed by atoms with Crippen LogP contribution in [0.1, 0.15) is 24.2 Å². The molecular formula is C15H18ClN3O2. The number of rotatable bonds is 6. The second-order valence-corrected chi connectivity index (χ2v) is 4.77. The van der Waals surface area contributed by atoms with E-state index in [0.717, 1.165) is 17.8 Å². The highest BCUT2D eigenvalue weighted by Crippen LogP contribution is 2.38. The fourth-order valence-electron chi connectivity index (χ4n) is 2.16. The molecule has 0 bridgehead atoms. The molecule has 0 aliphatic rings. The maximum absolute atomic E-state index is 6.28. The second-order valence-electron chi connectivity index (χ2n) is 4.36. The first-order valence-corrected chi connectivity index (χ1v) is 6.99. The molecule has 6 heteroatoms. The van der Waals surface area contributed by atoms with Crippen molar-refractivity contribution in [1.82, 2.24) is 15.3 Å². The Labute approximate surface area is 129 Å². The molecule has 2 rings (SSSR count). The van der Waals surface area contributed by atoms with E-state index in [4.69, 9.17) is 21.1 Å². The Morgan fingerprint density at radius 2 is 2.05 bits per heavy atom. The van der Waals surface area contributed by atoms with Gasteiger partial charge in [0.15, 0.2) is 11.5 Å². The lowest BCUT2D eigenvalue weighted by Gasteiger charge is -2.20.